The van der Waals surface area contributed by atoms with Crippen molar-refractivity contribution < 1.29 is 8.83 Å². The Labute approximate surface area is 425 Å². The Balaban J connectivity index is 1.22. The molecule has 10 aromatic rings. The number of benzene rings is 8. The topological polar surface area (TPSA) is 36.0 Å². The van der Waals surface area contributed by atoms with Gasteiger partial charge in [-0.2, -0.15) is 0 Å². The van der Waals surface area contributed by atoms with E-state index in [1.54, 1.807) is 0 Å². The highest BCUT2D eigenvalue weighted by Gasteiger charge is 2.45. The van der Waals surface area contributed by atoms with Crippen molar-refractivity contribution in [2.24, 2.45) is 0 Å². The van der Waals surface area contributed by atoms with Crippen molar-refractivity contribution in [1.29, 1.82) is 0 Å². The highest BCUT2D eigenvalue weighted by molar-refractivity contribution is 7.00. The average molecular weight is 942 g/mol. The van der Waals surface area contributed by atoms with Crippen LogP contribution in [0, 0.1) is 0 Å². The fraction of sp³-hybridized carbons (Fsp3) is 0.242. The second kappa shape index (κ2) is 16.0. The lowest BCUT2D eigenvalue weighted by atomic mass is 9.33. The van der Waals surface area contributed by atoms with Gasteiger partial charge in [-0.05, 0) is 128 Å². The van der Waals surface area contributed by atoms with Gasteiger partial charge in [-0.1, -0.05) is 162 Å². The van der Waals surface area contributed by atoms with Crippen LogP contribution in [0.1, 0.15) is 106 Å². The van der Waals surface area contributed by atoms with E-state index in [1.807, 2.05) is 0 Å². The zero-order valence-electron chi connectivity index (χ0n) is 43.9. The molecular formula is C66H64BN3O2. The van der Waals surface area contributed by atoms with Crippen molar-refractivity contribution in [3.8, 4) is 0 Å². The summed E-state index contributed by atoms with van der Waals surface area (Å²) in [7, 11) is 0. The Kier molecular flexibility index (Phi) is 10.2. The van der Waals surface area contributed by atoms with E-state index in [0.717, 1.165) is 79.0 Å². The molecule has 0 radical (unpaired) electrons. The predicted octanol–water partition coefficient (Wildman–Crippen LogP) is 17.1. The number of hydrogen-bond acceptors (Lipinski definition) is 5. The van der Waals surface area contributed by atoms with Crippen LogP contribution in [0.3, 0.4) is 0 Å². The molecule has 0 saturated heterocycles. The smallest absolute Gasteiger partial charge is 0.252 e. The molecule has 0 amide bonds. The number of para-hydroxylation sites is 1. The van der Waals surface area contributed by atoms with E-state index in [-0.39, 0.29) is 28.4 Å². The van der Waals surface area contributed by atoms with Crippen LogP contribution < -0.4 is 31.1 Å². The number of furan rings is 2. The van der Waals surface area contributed by atoms with Crippen molar-refractivity contribution in [3.63, 3.8) is 0 Å². The standard InChI is InChI=1S/C66H64BN3O2/c1-63(2,3)45-24-29-48(30-25-45)69-54-31-26-46(64(4,5)6)36-53(54)67-52-33-44-35-61(66(10,11)12)72-59(44)40-55(52)70(50-28-23-43-34-60(65(7,8)9)71-58(43)39-50)57-38-51(37-56(69)62(57)67)68(47-20-14-13-15-21-47)49-27-22-41-18-16-17-19-42(41)32-49/h13-40H,1-12H3. The van der Waals surface area contributed by atoms with Gasteiger partial charge in [-0.25, -0.2) is 0 Å². The van der Waals surface area contributed by atoms with Gasteiger partial charge in [0.25, 0.3) is 6.71 Å². The molecule has 12 rings (SSSR count). The Hall–Kier alpha value is -7.44. The van der Waals surface area contributed by atoms with Gasteiger partial charge < -0.3 is 23.5 Å². The number of hydrogen-bond donors (Lipinski definition) is 0. The van der Waals surface area contributed by atoms with Crippen LogP contribution in [0.15, 0.2) is 179 Å². The van der Waals surface area contributed by atoms with E-state index < -0.39 is 0 Å². The molecule has 2 aliphatic heterocycles. The molecule has 0 N–H and O–H groups in total. The van der Waals surface area contributed by atoms with Crippen molar-refractivity contribution in [2.75, 3.05) is 14.7 Å². The first-order valence-corrected chi connectivity index (χ1v) is 25.7. The summed E-state index contributed by atoms with van der Waals surface area (Å²) < 4.78 is 13.7. The zero-order valence-corrected chi connectivity index (χ0v) is 43.9. The summed E-state index contributed by atoms with van der Waals surface area (Å²) in [6.45, 7) is 27.1. The number of nitrogens with zero attached hydrogens (tertiary/aromatic N) is 3. The van der Waals surface area contributed by atoms with Gasteiger partial charge in [0.15, 0.2) is 0 Å². The first kappa shape index (κ1) is 45.7. The molecule has 6 heteroatoms. The molecule has 4 heterocycles. The zero-order chi connectivity index (χ0) is 50.2. The molecule has 0 spiro atoms. The molecular weight excluding hydrogens is 878 g/mol. The van der Waals surface area contributed by atoms with Crippen LogP contribution in [-0.2, 0) is 21.7 Å². The van der Waals surface area contributed by atoms with Crippen LogP contribution >= 0.6 is 0 Å². The molecule has 2 aromatic heterocycles. The molecule has 0 aliphatic carbocycles. The van der Waals surface area contributed by atoms with E-state index >= 15 is 0 Å². The van der Waals surface area contributed by atoms with Crippen molar-refractivity contribution >= 4 is 107 Å². The highest BCUT2D eigenvalue weighted by Crippen LogP contribution is 2.50. The average Bonchev–Trinajstić information content (AvgIpc) is 3.98. The molecule has 5 nitrogen and oxygen atoms in total. The van der Waals surface area contributed by atoms with Gasteiger partial charge in [-0.3, -0.25) is 0 Å². The van der Waals surface area contributed by atoms with E-state index in [0.29, 0.717) is 0 Å². The van der Waals surface area contributed by atoms with E-state index in [2.05, 4.69) is 268 Å². The second-order valence-electron chi connectivity index (χ2n) is 24.4. The lowest BCUT2D eigenvalue weighted by Crippen LogP contribution is -2.61. The third-order valence-corrected chi connectivity index (χ3v) is 15.1. The van der Waals surface area contributed by atoms with Crippen LogP contribution in [0.25, 0.3) is 32.7 Å². The highest BCUT2D eigenvalue weighted by atomic mass is 16.3. The molecule has 0 unspecified atom stereocenters. The van der Waals surface area contributed by atoms with E-state index in [1.165, 1.54) is 44.0 Å². The summed E-state index contributed by atoms with van der Waals surface area (Å²) in [5.74, 6) is 1.94. The summed E-state index contributed by atoms with van der Waals surface area (Å²) in [6, 6.07) is 63.7. The molecule has 0 bridgehead atoms. The molecule has 0 fully saturated rings. The minimum Gasteiger partial charge on any atom is -0.460 e. The molecule has 0 saturated carbocycles. The number of anilines is 9. The Bertz CT molecular complexity index is 3760. The van der Waals surface area contributed by atoms with Gasteiger partial charge in [-0.15, -0.1) is 0 Å². The minimum atomic E-state index is -0.176. The van der Waals surface area contributed by atoms with Gasteiger partial charge in [0, 0.05) is 79.2 Å². The molecule has 0 atom stereocenters. The van der Waals surface area contributed by atoms with Crippen LogP contribution in [0.4, 0.5) is 51.2 Å². The normalized spacial score (nSPS) is 13.8. The quantitative estimate of drug-likeness (QED) is 0.161. The van der Waals surface area contributed by atoms with Gasteiger partial charge in [0.05, 0.1) is 5.69 Å². The van der Waals surface area contributed by atoms with Crippen molar-refractivity contribution in [2.45, 2.75) is 105 Å². The van der Waals surface area contributed by atoms with Crippen LogP contribution in [-0.4, -0.2) is 6.71 Å². The summed E-state index contributed by atoms with van der Waals surface area (Å²) in [4.78, 5) is 7.47. The third kappa shape index (κ3) is 7.61. The first-order valence-electron chi connectivity index (χ1n) is 25.7. The monoisotopic (exact) mass is 942 g/mol. The fourth-order valence-electron chi connectivity index (χ4n) is 11.0. The summed E-state index contributed by atoms with van der Waals surface area (Å²) in [5.41, 5.74) is 17.6. The lowest BCUT2D eigenvalue weighted by Gasteiger charge is -2.45. The molecule has 8 aromatic carbocycles. The second-order valence-corrected chi connectivity index (χ2v) is 24.4. The maximum atomic E-state index is 6.88. The molecule has 358 valence electrons. The number of rotatable bonds is 5. The summed E-state index contributed by atoms with van der Waals surface area (Å²) >= 11 is 0. The van der Waals surface area contributed by atoms with Crippen molar-refractivity contribution in [1.82, 2.24) is 0 Å². The fourth-order valence-corrected chi connectivity index (χ4v) is 11.0. The largest absolute Gasteiger partial charge is 0.460 e. The van der Waals surface area contributed by atoms with Gasteiger partial charge in [0.1, 0.15) is 22.7 Å². The van der Waals surface area contributed by atoms with Gasteiger partial charge in [0.2, 0.25) is 0 Å². The van der Waals surface area contributed by atoms with Crippen LogP contribution in [0.5, 0.6) is 0 Å². The number of fused-ring (bicyclic) bond motifs is 7. The Morgan fingerprint density at radius 3 is 1.57 bits per heavy atom. The third-order valence-electron chi connectivity index (χ3n) is 15.1. The summed E-state index contributed by atoms with van der Waals surface area (Å²) in [5, 5.41) is 4.59. The Morgan fingerprint density at radius 1 is 0.361 bits per heavy atom. The van der Waals surface area contributed by atoms with Crippen LogP contribution in [0.2, 0.25) is 0 Å². The maximum Gasteiger partial charge on any atom is 0.252 e. The Morgan fingerprint density at radius 2 is 0.917 bits per heavy atom. The van der Waals surface area contributed by atoms with E-state index in [4.69, 9.17) is 8.83 Å². The minimum absolute atomic E-state index is 0.00160. The SMILES string of the molecule is CC(C)(C)c1ccc(N2c3ccc(C(C)(C)C)cc3B3c4cc5cc(C(C)(C)C)oc5cc4N(c4ccc5cc(C(C)(C)C)oc5c4)c4cc(N(c5ccccc5)c5ccc6ccccc6c5)cc2c43)cc1. The summed E-state index contributed by atoms with van der Waals surface area (Å²) in [6.07, 6.45) is 0. The maximum absolute atomic E-state index is 6.88. The van der Waals surface area contributed by atoms with E-state index in [9.17, 15) is 0 Å². The predicted molar refractivity (Wildman–Crippen MR) is 307 cm³/mol. The molecule has 2 aliphatic rings. The lowest BCUT2D eigenvalue weighted by molar-refractivity contribution is 0.430. The van der Waals surface area contributed by atoms with Crippen molar-refractivity contribution in [3.05, 3.63) is 193 Å². The first-order chi connectivity index (χ1) is 34.2. The van der Waals surface area contributed by atoms with Gasteiger partial charge >= 0.3 is 0 Å². The molecule has 72 heavy (non-hydrogen) atoms.